The first-order valence-corrected chi connectivity index (χ1v) is 5.50. The molecule has 1 fully saturated rings. The van der Waals surface area contributed by atoms with Crippen molar-refractivity contribution in [3.63, 3.8) is 0 Å². The Hall–Kier alpha value is -1.62. The van der Waals surface area contributed by atoms with Gasteiger partial charge in [-0.25, -0.2) is 4.39 Å². The maximum Gasteiger partial charge on any atom is 0.227 e. The lowest BCUT2D eigenvalue weighted by atomic mass is 9.80. The van der Waals surface area contributed by atoms with Crippen LogP contribution >= 0.6 is 0 Å². The largest absolute Gasteiger partial charge is 0.495 e. The van der Waals surface area contributed by atoms with Crippen LogP contribution in [0.25, 0.3) is 0 Å². The minimum atomic E-state index is -0.411. The quantitative estimate of drug-likeness (QED) is 0.839. The van der Waals surface area contributed by atoms with Crippen LogP contribution in [0.5, 0.6) is 5.75 Å². The van der Waals surface area contributed by atoms with E-state index in [4.69, 9.17) is 10.5 Å². The van der Waals surface area contributed by atoms with E-state index in [0.717, 1.165) is 0 Å². The van der Waals surface area contributed by atoms with Gasteiger partial charge in [0.15, 0.2) is 0 Å². The van der Waals surface area contributed by atoms with E-state index >= 15 is 0 Å². The van der Waals surface area contributed by atoms with Gasteiger partial charge in [-0.2, -0.15) is 0 Å². The molecule has 0 radical (unpaired) electrons. The Morgan fingerprint density at radius 2 is 2.24 bits per heavy atom. The van der Waals surface area contributed by atoms with Gasteiger partial charge in [0.1, 0.15) is 11.6 Å². The molecule has 0 bridgehead atoms. The Balaban J connectivity index is 2.07. The van der Waals surface area contributed by atoms with Gasteiger partial charge < -0.3 is 15.8 Å². The molecule has 0 spiro atoms. The molecule has 1 aliphatic carbocycles. The molecule has 4 nitrogen and oxygen atoms in total. The number of nitrogens with one attached hydrogen (secondary N) is 1. The van der Waals surface area contributed by atoms with Crippen LogP contribution in [0.15, 0.2) is 18.2 Å². The lowest BCUT2D eigenvalue weighted by Gasteiger charge is -2.31. The smallest absolute Gasteiger partial charge is 0.227 e. The normalized spacial score (nSPS) is 22.8. The predicted molar refractivity (Wildman–Crippen MR) is 62.3 cm³/mol. The predicted octanol–water partition coefficient (Wildman–Crippen LogP) is 1.51. The first kappa shape index (κ1) is 11.9. The van der Waals surface area contributed by atoms with Crippen LogP contribution < -0.4 is 15.8 Å². The molecule has 92 valence electrons. The van der Waals surface area contributed by atoms with E-state index in [1.165, 1.54) is 25.3 Å². The van der Waals surface area contributed by atoms with Gasteiger partial charge in [0.2, 0.25) is 5.91 Å². The summed E-state index contributed by atoms with van der Waals surface area (Å²) < 4.78 is 18.1. The van der Waals surface area contributed by atoms with Crippen LogP contribution in [-0.4, -0.2) is 19.1 Å². The van der Waals surface area contributed by atoms with Crippen molar-refractivity contribution in [3.05, 3.63) is 24.0 Å². The fourth-order valence-electron chi connectivity index (χ4n) is 1.89. The Labute approximate surface area is 98.9 Å². The summed E-state index contributed by atoms with van der Waals surface area (Å²) in [6.07, 6.45) is 1.37. The molecular weight excluding hydrogens is 223 g/mol. The van der Waals surface area contributed by atoms with Gasteiger partial charge in [-0.3, -0.25) is 4.79 Å². The number of amides is 1. The standard InChI is InChI=1S/C12H15FN2O2/c1-17-11-3-2-8(13)6-10(11)15-12(16)7-4-9(14)5-7/h2-3,6-7,9H,4-5,14H2,1H3,(H,15,16). The molecule has 1 aromatic rings. The van der Waals surface area contributed by atoms with Crippen molar-refractivity contribution in [2.75, 3.05) is 12.4 Å². The molecule has 2 rings (SSSR count). The van der Waals surface area contributed by atoms with Crippen molar-refractivity contribution in [1.29, 1.82) is 0 Å². The topological polar surface area (TPSA) is 64.3 Å². The number of rotatable bonds is 3. The van der Waals surface area contributed by atoms with Crippen molar-refractivity contribution >= 4 is 11.6 Å². The van der Waals surface area contributed by atoms with E-state index in [2.05, 4.69) is 5.32 Å². The highest BCUT2D eigenvalue weighted by atomic mass is 19.1. The molecule has 0 heterocycles. The maximum atomic E-state index is 13.1. The third-order valence-electron chi connectivity index (χ3n) is 2.96. The number of ether oxygens (including phenoxy) is 1. The summed E-state index contributed by atoms with van der Waals surface area (Å²) in [5, 5.41) is 2.67. The molecular formula is C12H15FN2O2. The van der Waals surface area contributed by atoms with Crippen molar-refractivity contribution in [2.24, 2.45) is 11.7 Å². The molecule has 1 aromatic carbocycles. The number of hydrogen-bond donors (Lipinski definition) is 2. The van der Waals surface area contributed by atoms with Gasteiger partial charge in [-0.1, -0.05) is 0 Å². The van der Waals surface area contributed by atoms with Gasteiger partial charge in [-0.15, -0.1) is 0 Å². The zero-order chi connectivity index (χ0) is 12.4. The molecule has 17 heavy (non-hydrogen) atoms. The Kier molecular flexibility index (Phi) is 3.28. The molecule has 0 aromatic heterocycles. The number of anilines is 1. The molecule has 0 unspecified atom stereocenters. The second kappa shape index (κ2) is 4.71. The lowest BCUT2D eigenvalue weighted by molar-refractivity contribution is -0.122. The van der Waals surface area contributed by atoms with Crippen molar-refractivity contribution in [1.82, 2.24) is 0 Å². The summed E-state index contributed by atoms with van der Waals surface area (Å²) in [5.41, 5.74) is 5.97. The number of benzene rings is 1. The average Bonchev–Trinajstić information content (AvgIpc) is 2.25. The summed E-state index contributed by atoms with van der Waals surface area (Å²) in [5.74, 6) is -0.164. The van der Waals surface area contributed by atoms with Gasteiger partial charge in [0, 0.05) is 18.0 Å². The average molecular weight is 238 g/mol. The SMILES string of the molecule is COc1ccc(F)cc1NC(=O)C1CC(N)C1. The van der Waals surface area contributed by atoms with Gasteiger partial charge >= 0.3 is 0 Å². The second-order valence-corrected chi connectivity index (χ2v) is 4.26. The molecule has 0 atom stereocenters. The molecule has 1 aliphatic rings. The van der Waals surface area contributed by atoms with E-state index in [-0.39, 0.29) is 17.9 Å². The van der Waals surface area contributed by atoms with Crippen LogP contribution in [0.2, 0.25) is 0 Å². The van der Waals surface area contributed by atoms with Crippen LogP contribution in [0.1, 0.15) is 12.8 Å². The number of carbonyl (C=O) groups excluding carboxylic acids is 1. The van der Waals surface area contributed by atoms with Gasteiger partial charge in [0.05, 0.1) is 12.8 Å². The highest BCUT2D eigenvalue weighted by Crippen LogP contribution is 2.30. The van der Waals surface area contributed by atoms with Crippen LogP contribution in [0.4, 0.5) is 10.1 Å². The van der Waals surface area contributed by atoms with Crippen LogP contribution in [-0.2, 0) is 4.79 Å². The van der Waals surface area contributed by atoms with Crippen molar-refractivity contribution in [2.45, 2.75) is 18.9 Å². The van der Waals surface area contributed by atoms with Gasteiger partial charge in [0.25, 0.3) is 0 Å². The summed E-state index contributed by atoms with van der Waals surface area (Å²) in [4.78, 5) is 11.8. The third kappa shape index (κ3) is 2.55. The first-order chi connectivity index (χ1) is 8.10. The monoisotopic (exact) mass is 238 g/mol. The minimum absolute atomic E-state index is 0.0713. The summed E-state index contributed by atoms with van der Waals surface area (Å²) in [6, 6.07) is 4.13. The second-order valence-electron chi connectivity index (χ2n) is 4.26. The Morgan fingerprint density at radius 1 is 1.53 bits per heavy atom. The number of hydrogen-bond acceptors (Lipinski definition) is 3. The third-order valence-corrected chi connectivity index (χ3v) is 2.96. The molecule has 0 saturated heterocycles. The fourth-order valence-corrected chi connectivity index (χ4v) is 1.89. The minimum Gasteiger partial charge on any atom is -0.495 e. The van der Waals surface area contributed by atoms with Crippen LogP contribution in [0.3, 0.4) is 0 Å². The first-order valence-electron chi connectivity index (χ1n) is 5.50. The van der Waals surface area contributed by atoms with Crippen molar-refractivity contribution < 1.29 is 13.9 Å². The Morgan fingerprint density at radius 3 is 2.82 bits per heavy atom. The molecule has 5 heteroatoms. The number of methoxy groups -OCH3 is 1. The summed E-state index contributed by atoms with van der Waals surface area (Å²) in [6.45, 7) is 0. The van der Waals surface area contributed by atoms with E-state index < -0.39 is 5.82 Å². The molecule has 1 saturated carbocycles. The summed E-state index contributed by atoms with van der Waals surface area (Å²) >= 11 is 0. The zero-order valence-corrected chi connectivity index (χ0v) is 9.57. The van der Waals surface area contributed by atoms with E-state index in [1.807, 2.05) is 0 Å². The van der Waals surface area contributed by atoms with Crippen molar-refractivity contribution in [3.8, 4) is 5.75 Å². The molecule has 0 aliphatic heterocycles. The number of halogens is 1. The highest BCUT2D eigenvalue weighted by Gasteiger charge is 2.32. The summed E-state index contributed by atoms with van der Waals surface area (Å²) in [7, 11) is 1.47. The zero-order valence-electron chi connectivity index (χ0n) is 9.57. The van der Waals surface area contributed by atoms with Gasteiger partial charge in [-0.05, 0) is 25.0 Å². The highest BCUT2D eigenvalue weighted by molar-refractivity contribution is 5.94. The van der Waals surface area contributed by atoms with Crippen LogP contribution in [0, 0.1) is 11.7 Å². The van der Waals surface area contributed by atoms with E-state index in [1.54, 1.807) is 0 Å². The maximum absolute atomic E-state index is 13.1. The lowest BCUT2D eigenvalue weighted by Crippen LogP contribution is -2.42. The van der Waals surface area contributed by atoms with E-state index in [9.17, 15) is 9.18 Å². The number of nitrogens with two attached hydrogens (primary N) is 1. The number of carbonyl (C=O) groups is 1. The molecule has 1 amide bonds. The molecule has 3 N–H and O–H groups in total. The Bertz CT molecular complexity index is 431. The fraction of sp³-hybridized carbons (Fsp3) is 0.417. The van der Waals surface area contributed by atoms with E-state index in [0.29, 0.717) is 24.3 Å².